The largest absolute Gasteiger partial charge is 0.481 e. The van der Waals surface area contributed by atoms with Crippen LogP contribution in [0, 0.1) is 23.7 Å². The second-order valence-corrected chi connectivity index (χ2v) is 18.9. The normalized spacial score (nSPS) is 26.1. The molecule has 0 radical (unpaired) electrons. The van der Waals surface area contributed by atoms with Crippen molar-refractivity contribution in [2.75, 3.05) is 25.9 Å². The molecule has 2 aromatic heterocycles. The number of aliphatic carboxylic acids is 1. The molecule has 1 aromatic carbocycles. The summed E-state index contributed by atoms with van der Waals surface area (Å²) in [6.07, 6.45) is 4.70. The molecule has 3 aromatic rings. The number of amides is 1. The minimum atomic E-state index is -1.29. The second kappa shape index (κ2) is 22.8. The minimum absolute atomic E-state index is 0.0704. The number of nitrogens with zero attached hydrogens (tertiary/aromatic N) is 5. The zero-order valence-corrected chi connectivity index (χ0v) is 40.0. The fourth-order valence-electron chi connectivity index (χ4n) is 9.62. The molecule has 2 fully saturated rings. The van der Waals surface area contributed by atoms with Crippen LogP contribution >= 0.6 is 0 Å². The number of rotatable bonds is 25. The van der Waals surface area contributed by atoms with Crippen LogP contribution in [0.25, 0.3) is 11.3 Å². The summed E-state index contributed by atoms with van der Waals surface area (Å²) in [5, 5.41) is 37.3. The Bertz CT molecular complexity index is 2010. The zero-order chi connectivity index (χ0) is 47.6. The summed E-state index contributed by atoms with van der Waals surface area (Å²) in [6.45, 7) is 19.3. The number of carboxylic acids is 1. The number of aliphatic hydroxyl groups is 1. The van der Waals surface area contributed by atoms with Crippen molar-refractivity contribution >= 4 is 23.5 Å². The van der Waals surface area contributed by atoms with E-state index in [2.05, 4.69) is 53.6 Å². The third kappa shape index (κ3) is 12.7. The van der Waals surface area contributed by atoms with Crippen molar-refractivity contribution in [3.8, 4) is 11.3 Å². The lowest BCUT2D eigenvalue weighted by Crippen LogP contribution is -2.59. The minimum Gasteiger partial charge on any atom is -0.481 e. The van der Waals surface area contributed by atoms with Crippen molar-refractivity contribution in [2.24, 2.45) is 23.7 Å². The Morgan fingerprint density at radius 3 is 2.52 bits per heavy atom. The van der Waals surface area contributed by atoms with Crippen LogP contribution in [0.2, 0.25) is 0 Å². The number of methoxy groups -OCH3 is 1. The van der Waals surface area contributed by atoms with Gasteiger partial charge in [-0.15, -0.1) is 5.10 Å². The average molecular weight is 907 g/mol. The lowest BCUT2D eigenvalue weighted by molar-refractivity contribution is -0.290. The van der Waals surface area contributed by atoms with Crippen molar-refractivity contribution in [2.45, 2.75) is 161 Å². The topological polar surface area (TPSA) is 226 Å². The van der Waals surface area contributed by atoms with Gasteiger partial charge in [0.25, 0.3) is 0 Å². The van der Waals surface area contributed by atoms with Gasteiger partial charge < -0.3 is 45.5 Å². The van der Waals surface area contributed by atoms with Gasteiger partial charge in [0.2, 0.25) is 0 Å². The van der Waals surface area contributed by atoms with Gasteiger partial charge in [0.05, 0.1) is 30.0 Å². The molecule has 4 heterocycles. The molecule has 360 valence electrons. The number of unbranched alkanes of at least 4 members (excludes halogenated alkanes) is 1. The van der Waals surface area contributed by atoms with Crippen molar-refractivity contribution < 1.29 is 43.5 Å². The van der Waals surface area contributed by atoms with Crippen LogP contribution in [-0.4, -0.2) is 127 Å². The summed E-state index contributed by atoms with van der Waals surface area (Å²) >= 11 is 0. The number of Topliss-reactive ketones (excluding diaryl/α,β-unsaturated/α-hetero) is 1. The number of nitrogens with two attached hydrogens (primary N) is 1. The van der Waals surface area contributed by atoms with Gasteiger partial charge in [-0.05, 0) is 109 Å². The van der Waals surface area contributed by atoms with Gasteiger partial charge in [0.1, 0.15) is 23.3 Å². The molecule has 5 rings (SSSR count). The lowest BCUT2D eigenvalue weighted by Gasteiger charge is -2.46. The number of nitrogen functional groups attached to an aromatic ring is 1. The number of carbonyl (C=O) groups excluding carboxylic acids is 2. The number of aryl methyl sites for hydroxylation is 1. The molecular formula is C48H74N8O9. The van der Waals surface area contributed by atoms with Crippen molar-refractivity contribution in [3.63, 3.8) is 0 Å². The van der Waals surface area contributed by atoms with E-state index in [0.717, 1.165) is 36.1 Å². The molecule has 0 spiro atoms. The number of ether oxygens (including phenoxy) is 4. The quantitative estimate of drug-likeness (QED) is 0.0391. The van der Waals surface area contributed by atoms with Crippen LogP contribution < -0.4 is 16.4 Å². The van der Waals surface area contributed by atoms with Gasteiger partial charge in [-0.2, -0.15) is 0 Å². The molecule has 1 amide bonds. The summed E-state index contributed by atoms with van der Waals surface area (Å²) in [6, 6.07) is 10.5. The van der Waals surface area contributed by atoms with Gasteiger partial charge in [-0.25, -0.2) is 4.79 Å². The molecule has 6 N–H and O–H groups in total. The number of anilines is 1. The third-order valence-corrected chi connectivity index (χ3v) is 13.8. The van der Waals surface area contributed by atoms with E-state index in [4.69, 9.17) is 24.7 Å². The maximum Gasteiger partial charge on any atom is 0.410 e. The van der Waals surface area contributed by atoms with Crippen LogP contribution in [0.4, 0.5) is 10.5 Å². The summed E-state index contributed by atoms with van der Waals surface area (Å²) in [7, 11) is 1.55. The zero-order valence-electron chi connectivity index (χ0n) is 40.0. The first-order chi connectivity index (χ1) is 30.8. The fourth-order valence-corrected chi connectivity index (χ4v) is 9.62. The second-order valence-electron chi connectivity index (χ2n) is 18.9. The van der Waals surface area contributed by atoms with Crippen LogP contribution in [0.15, 0.2) is 55.0 Å². The van der Waals surface area contributed by atoms with Crippen molar-refractivity contribution in [3.05, 3.63) is 60.6 Å². The smallest absolute Gasteiger partial charge is 0.410 e. The highest BCUT2D eigenvalue weighted by Gasteiger charge is 2.55. The molecule has 2 saturated heterocycles. The van der Waals surface area contributed by atoms with Gasteiger partial charge in [-0.1, -0.05) is 51.1 Å². The van der Waals surface area contributed by atoms with E-state index < -0.39 is 59.3 Å². The molecule has 2 aliphatic rings. The van der Waals surface area contributed by atoms with Crippen LogP contribution in [0.1, 0.15) is 100.0 Å². The van der Waals surface area contributed by atoms with Crippen LogP contribution in [0.3, 0.4) is 0 Å². The highest BCUT2D eigenvalue weighted by molar-refractivity contribution is 5.99. The Labute approximate surface area is 384 Å². The molecule has 65 heavy (non-hydrogen) atoms. The highest BCUT2D eigenvalue weighted by Crippen LogP contribution is 2.40. The van der Waals surface area contributed by atoms with Gasteiger partial charge >= 0.3 is 12.1 Å². The van der Waals surface area contributed by atoms with Crippen LogP contribution in [0.5, 0.6) is 0 Å². The average Bonchev–Trinajstić information content (AvgIpc) is 3.87. The molecular weight excluding hydrogens is 833 g/mol. The number of aliphatic hydroxyl groups excluding tert-OH is 1. The number of cyclic esters (lactones) is 1. The van der Waals surface area contributed by atoms with E-state index in [1.165, 1.54) is 6.92 Å². The molecule has 0 bridgehead atoms. The molecule has 17 nitrogen and oxygen atoms in total. The Morgan fingerprint density at radius 1 is 1.12 bits per heavy atom. The van der Waals surface area contributed by atoms with E-state index in [0.29, 0.717) is 44.7 Å². The lowest BCUT2D eigenvalue weighted by atomic mass is 9.78. The number of carboxylic acid groups (broad SMARTS) is 1. The maximum absolute atomic E-state index is 13.8. The molecule has 3 unspecified atom stereocenters. The van der Waals surface area contributed by atoms with E-state index in [1.54, 1.807) is 26.4 Å². The maximum atomic E-state index is 13.8. The predicted molar refractivity (Wildman–Crippen MR) is 246 cm³/mol. The number of carbonyl (C=O) groups is 3. The number of benzene rings is 1. The van der Waals surface area contributed by atoms with Gasteiger partial charge in [-0.3, -0.25) is 24.2 Å². The highest BCUT2D eigenvalue weighted by atomic mass is 16.7. The molecule has 17 heteroatoms. The summed E-state index contributed by atoms with van der Waals surface area (Å²) < 4.78 is 27.2. The first kappa shape index (κ1) is 51.5. The number of hydrogen-bond donors (Lipinski definition) is 5. The van der Waals surface area contributed by atoms with Gasteiger partial charge in [0, 0.05) is 68.4 Å². The molecule has 13 atom stereocenters. The number of aromatic nitrogens is 4. The third-order valence-electron chi connectivity index (χ3n) is 13.8. The molecule has 2 aliphatic heterocycles. The summed E-state index contributed by atoms with van der Waals surface area (Å²) in [5.41, 5.74) is 7.34. The molecule has 0 aliphatic carbocycles. The molecule has 0 saturated carbocycles. The van der Waals surface area contributed by atoms with E-state index in [-0.39, 0.29) is 36.1 Å². The Balaban J connectivity index is 1.27. The number of pyridine rings is 1. The predicted octanol–water partition coefficient (Wildman–Crippen LogP) is 5.70. The van der Waals surface area contributed by atoms with Gasteiger partial charge in [0.15, 0.2) is 12.1 Å². The van der Waals surface area contributed by atoms with Crippen molar-refractivity contribution in [1.29, 1.82) is 0 Å². The van der Waals surface area contributed by atoms with E-state index in [1.807, 2.05) is 72.9 Å². The van der Waals surface area contributed by atoms with Crippen LogP contribution in [-0.2, 0) is 41.6 Å². The monoisotopic (exact) mass is 907 g/mol. The Hall–Kier alpha value is -4.52. The Morgan fingerprint density at radius 2 is 1.86 bits per heavy atom. The van der Waals surface area contributed by atoms with E-state index in [9.17, 15) is 24.6 Å². The summed E-state index contributed by atoms with van der Waals surface area (Å²) in [5.74, 6) is -3.98. The number of ketones is 1. The standard InChI is InChI=1S/C48H74N8O9/c1-11-30(3)48(9)42(56(46(61)65-48)21-13-12-20-55-28-39(53-54-55)36-17-14-18-37(49)23-36)34(7)51-25-29(2)24-47(8,62-10)43(32(5)40(57)33(6)44(59)60)64-45-41(58)38(22-31(4)63-45)52-27-35-16-15-19-50-26-35/h14-19,23,26,28-34,38,41-43,45,51-52,58H,11-13,20-22,24-25,27,49H2,1-10H3,(H,59,60)/t29-,30-,31?,32+,33-,34-,38?,41?,42-,43-,45+,47-,48-/m1/s1. The van der Waals surface area contributed by atoms with E-state index >= 15 is 0 Å². The first-order valence-corrected chi connectivity index (χ1v) is 23.2. The SMILES string of the molecule is CC[C@@H](C)[C@@]1(C)OC(=O)N(CCCCn2cc(-c3cccc(N)c3)nn2)[C@@H]1[C@@H](C)NC[C@H](C)C[C@@](C)(OC)[C@H](O[C@@H]1OC(C)CC(NCc2cccnc2)C1O)[C@@H](C)C(=O)[C@@H](C)C(=O)O. The first-order valence-electron chi connectivity index (χ1n) is 23.2. The van der Waals surface area contributed by atoms with Crippen molar-refractivity contribution in [1.82, 2.24) is 35.5 Å². The number of nitrogens with one attached hydrogen (secondary N) is 2. The number of hydrogen-bond acceptors (Lipinski definition) is 14. The fraction of sp³-hybridized carbons (Fsp3) is 0.667. The Kier molecular flexibility index (Phi) is 18.0. The summed E-state index contributed by atoms with van der Waals surface area (Å²) in [4.78, 5) is 45.5.